The molecule has 3 aromatic rings. The van der Waals surface area contributed by atoms with Gasteiger partial charge in [0.15, 0.2) is 0 Å². The lowest BCUT2D eigenvalue weighted by Gasteiger charge is -2.25. The maximum Gasteiger partial charge on any atom is 0.329 e. The molecule has 0 saturated carbocycles. The van der Waals surface area contributed by atoms with Crippen molar-refractivity contribution in [2.75, 3.05) is 11.9 Å². The number of likely N-dealkylation sites (N-methyl/N-ethyl adjacent to an activating group) is 1. The second kappa shape index (κ2) is 10.5. The number of hydrogen-bond donors (Lipinski definition) is 2. The maximum absolute atomic E-state index is 13.3. The molecular formula is C24H24ClN3O4S. The second-order valence-electron chi connectivity index (χ2n) is 7.46. The van der Waals surface area contributed by atoms with Gasteiger partial charge in [0.25, 0.3) is 10.0 Å². The molecule has 0 aliphatic rings. The van der Waals surface area contributed by atoms with E-state index in [-0.39, 0.29) is 11.3 Å². The van der Waals surface area contributed by atoms with Crippen molar-refractivity contribution < 1.29 is 18.0 Å². The molecule has 0 spiro atoms. The van der Waals surface area contributed by atoms with E-state index in [1.165, 1.54) is 11.0 Å². The van der Waals surface area contributed by atoms with Crippen LogP contribution in [0, 0.1) is 6.92 Å². The van der Waals surface area contributed by atoms with Crippen LogP contribution in [-0.4, -0.2) is 33.4 Å². The number of nitrogens with zero attached hydrogens (tertiary/aromatic N) is 1. The first-order valence-electron chi connectivity index (χ1n) is 10.1. The van der Waals surface area contributed by atoms with Crippen LogP contribution < -0.4 is 14.9 Å². The van der Waals surface area contributed by atoms with Crippen LogP contribution in [0.25, 0.3) is 0 Å². The molecule has 0 aliphatic carbocycles. The molecule has 3 amide bonds. The molecule has 0 heterocycles. The quantitative estimate of drug-likeness (QED) is 0.530. The first kappa shape index (κ1) is 24.3. The summed E-state index contributed by atoms with van der Waals surface area (Å²) in [6, 6.07) is 20.1. The third kappa shape index (κ3) is 6.34. The van der Waals surface area contributed by atoms with Gasteiger partial charge in [0.05, 0.1) is 4.90 Å². The molecular weight excluding hydrogens is 462 g/mol. The van der Waals surface area contributed by atoms with Crippen LogP contribution >= 0.6 is 11.6 Å². The molecule has 33 heavy (non-hydrogen) atoms. The first-order chi connectivity index (χ1) is 15.7. The molecule has 1 atom stereocenters. The molecule has 0 fully saturated rings. The molecule has 2 N–H and O–H groups in total. The highest BCUT2D eigenvalue weighted by Crippen LogP contribution is 2.19. The minimum absolute atomic E-state index is 0.00984. The van der Waals surface area contributed by atoms with Gasteiger partial charge in [-0.1, -0.05) is 60.1 Å². The normalized spacial score (nSPS) is 12.0. The number of urea groups is 1. The van der Waals surface area contributed by atoms with Crippen molar-refractivity contribution in [1.82, 2.24) is 10.0 Å². The number of amides is 3. The zero-order valence-electron chi connectivity index (χ0n) is 18.2. The van der Waals surface area contributed by atoms with E-state index in [1.54, 1.807) is 56.4 Å². The monoisotopic (exact) mass is 485 g/mol. The fourth-order valence-corrected chi connectivity index (χ4v) is 4.59. The molecule has 0 saturated heterocycles. The molecule has 0 radical (unpaired) electrons. The van der Waals surface area contributed by atoms with Crippen LogP contribution in [-0.2, 0) is 21.2 Å². The van der Waals surface area contributed by atoms with E-state index in [0.29, 0.717) is 16.3 Å². The molecule has 9 heteroatoms. The van der Waals surface area contributed by atoms with Gasteiger partial charge < -0.3 is 10.2 Å². The van der Waals surface area contributed by atoms with Gasteiger partial charge in [-0.3, -0.25) is 4.79 Å². The highest BCUT2D eigenvalue weighted by molar-refractivity contribution is 7.90. The Hall–Kier alpha value is -3.36. The zero-order chi connectivity index (χ0) is 24.0. The summed E-state index contributed by atoms with van der Waals surface area (Å²) in [4.78, 5) is 27.3. The van der Waals surface area contributed by atoms with Crippen LogP contribution in [0.1, 0.15) is 11.1 Å². The van der Waals surface area contributed by atoms with Crippen LogP contribution in [0.5, 0.6) is 0 Å². The Labute approximate surface area is 198 Å². The van der Waals surface area contributed by atoms with Gasteiger partial charge in [-0.25, -0.2) is 17.9 Å². The van der Waals surface area contributed by atoms with Crippen LogP contribution in [0.2, 0.25) is 5.02 Å². The Balaban J connectivity index is 1.81. The van der Waals surface area contributed by atoms with E-state index >= 15 is 0 Å². The summed E-state index contributed by atoms with van der Waals surface area (Å²) in [6.45, 7) is 1.63. The Morgan fingerprint density at radius 3 is 2.18 bits per heavy atom. The number of sulfonamides is 1. The average Bonchev–Trinajstić information content (AvgIpc) is 2.78. The predicted molar refractivity (Wildman–Crippen MR) is 129 cm³/mol. The number of hydrogen-bond acceptors (Lipinski definition) is 4. The van der Waals surface area contributed by atoms with Gasteiger partial charge in [-0.15, -0.1) is 0 Å². The standard InChI is InChI=1S/C24H24ClN3O4S/c1-17-8-6-7-11-22(17)33(31,32)27-24(30)26-21(16-18-9-4-3-5-10-18)23(29)28(2)20-14-12-19(25)13-15-20/h3-15,21H,16H2,1-2H3,(H2,26,27,30)/t21-/m0/s1. The van der Waals surface area contributed by atoms with Crippen molar-refractivity contribution in [2.45, 2.75) is 24.3 Å². The Bertz CT molecular complexity index is 1230. The second-order valence-corrected chi connectivity index (χ2v) is 9.55. The lowest BCUT2D eigenvalue weighted by Crippen LogP contribution is -2.52. The van der Waals surface area contributed by atoms with Crippen molar-refractivity contribution in [1.29, 1.82) is 0 Å². The van der Waals surface area contributed by atoms with Crippen molar-refractivity contribution in [3.63, 3.8) is 0 Å². The summed E-state index contributed by atoms with van der Waals surface area (Å²) in [7, 11) is -2.54. The van der Waals surface area contributed by atoms with Crippen molar-refractivity contribution in [3.8, 4) is 0 Å². The van der Waals surface area contributed by atoms with Crippen LogP contribution in [0.15, 0.2) is 83.8 Å². The van der Waals surface area contributed by atoms with Crippen molar-refractivity contribution in [2.24, 2.45) is 0 Å². The highest BCUT2D eigenvalue weighted by atomic mass is 35.5. The number of aryl methyl sites for hydroxylation is 1. The first-order valence-corrected chi connectivity index (χ1v) is 12.0. The SMILES string of the molecule is Cc1ccccc1S(=O)(=O)NC(=O)N[C@@H](Cc1ccccc1)C(=O)N(C)c1ccc(Cl)cc1. The predicted octanol–water partition coefficient (Wildman–Crippen LogP) is 3.91. The largest absolute Gasteiger partial charge is 0.329 e. The van der Waals surface area contributed by atoms with Gasteiger partial charge in [0.2, 0.25) is 5.91 Å². The van der Waals surface area contributed by atoms with E-state index in [4.69, 9.17) is 11.6 Å². The lowest BCUT2D eigenvalue weighted by molar-refractivity contribution is -0.120. The molecule has 7 nitrogen and oxygen atoms in total. The number of anilines is 1. The third-order valence-corrected chi connectivity index (χ3v) is 6.78. The van der Waals surface area contributed by atoms with E-state index < -0.39 is 28.0 Å². The average molecular weight is 486 g/mol. The molecule has 0 unspecified atom stereocenters. The van der Waals surface area contributed by atoms with E-state index in [0.717, 1.165) is 5.56 Å². The molecule has 172 valence electrons. The van der Waals surface area contributed by atoms with Gasteiger partial charge in [-0.05, 0) is 48.4 Å². The molecule has 0 aromatic heterocycles. The summed E-state index contributed by atoms with van der Waals surface area (Å²) in [5, 5.41) is 3.05. The Morgan fingerprint density at radius 2 is 1.55 bits per heavy atom. The smallest absolute Gasteiger partial charge is 0.325 e. The minimum Gasteiger partial charge on any atom is -0.325 e. The number of carbonyl (C=O) groups is 2. The van der Waals surface area contributed by atoms with Crippen LogP contribution in [0.3, 0.4) is 0 Å². The number of rotatable bonds is 7. The van der Waals surface area contributed by atoms with E-state index in [1.807, 2.05) is 35.1 Å². The maximum atomic E-state index is 13.3. The number of halogens is 1. The third-order valence-electron chi connectivity index (χ3n) is 5.04. The van der Waals surface area contributed by atoms with E-state index in [9.17, 15) is 18.0 Å². The summed E-state index contributed by atoms with van der Waals surface area (Å²) in [5.74, 6) is -0.412. The number of benzene rings is 3. The fraction of sp³-hybridized carbons (Fsp3) is 0.167. The summed E-state index contributed by atoms with van der Waals surface area (Å²) in [6.07, 6.45) is 0.176. The van der Waals surface area contributed by atoms with Gasteiger partial charge >= 0.3 is 6.03 Å². The summed E-state index contributed by atoms with van der Waals surface area (Å²) >= 11 is 5.93. The molecule has 0 aliphatic heterocycles. The fourth-order valence-electron chi connectivity index (χ4n) is 3.30. The molecule has 3 rings (SSSR count). The van der Waals surface area contributed by atoms with Crippen molar-refractivity contribution >= 4 is 39.2 Å². The summed E-state index contributed by atoms with van der Waals surface area (Å²) < 4.78 is 27.4. The van der Waals surface area contributed by atoms with Gasteiger partial charge in [0.1, 0.15) is 6.04 Å². The van der Waals surface area contributed by atoms with Crippen molar-refractivity contribution in [3.05, 3.63) is 95.0 Å². The minimum atomic E-state index is -4.11. The van der Waals surface area contributed by atoms with Gasteiger partial charge in [-0.2, -0.15) is 0 Å². The van der Waals surface area contributed by atoms with Gasteiger partial charge in [0, 0.05) is 24.2 Å². The molecule has 3 aromatic carbocycles. The zero-order valence-corrected chi connectivity index (χ0v) is 19.7. The summed E-state index contributed by atoms with van der Waals surface area (Å²) in [5.41, 5.74) is 1.89. The Kier molecular flexibility index (Phi) is 7.73. The molecule has 0 bridgehead atoms. The topological polar surface area (TPSA) is 95.6 Å². The highest BCUT2D eigenvalue weighted by Gasteiger charge is 2.27. The Morgan fingerprint density at radius 1 is 0.939 bits per heavy atom. The van der Waals surface area contributed by atoms with Crippen LogP contribution in [0.4, 0.5) is 10.5 Å². The van der Waals surface area contributed by atoms with E-state index in [2.05, 4.69) is 5.32 Å². The lowest BCUT2D eigenvalue weighted by atomic mass is 10.0. The number of nitrogens with one attached hydrogen (secondary N) is 2. The number of carbonyl (C=O) groups excluding carboxylic acids is 2.